The van der Waals surface area contributed by atoms with E-state index in [1.54, 1.807) is 7.11 Å². The number of nitrogens with zero attached hydrogens (tertiary/aromatic N) is 1. The van der Waals surface area contributed by atoms with Gasteiger partial charge in [-0.05, 0) is 31.2 Å². The second-order valence-electron chi connectivity index (χ2n) is 6.62. The molecular formula is C18H26N2O2. The van der Waals surface area contributed by atoms with Gasteiger partial charge in [0.1, 0.15) is 5.75 Å². The van der Waals surface area contributed by atoms with Gasteiger partial charge in [-0.25, -0.2) is 0 Å². The molecule has 4 heteroatoms. The smallest absolute Gasteiger partial charge is 0.225 e. The SMILES string of the molecule is COc1ccccc1CN[C@H]1CCN(C(=O)C2CC2)C[C@@H]1C. The fourth-order valence-corrected chi connectivity index (χ4v) is 3.33. The van der Waals surface area contributed by atoms with E-state index in [0.29, 0.717) is 23.8 Å². The molecule has 3 rings (SSSR count). The number of likely N-dealkylation sites (tertiary alicyclic amines) is 1. The maximum atomic E-state index is 12.2. The molecule has 0 radical (unpaired) electrons. The lowest BCUT2D eigenvalue weighted by Gasteiger charge is -2.37. The monoisotopic (exact) mass is 302 g/mol. The Morgan fingerprint density at radius 3 is 2.77 bits per heavy atom. The van der Waals surface area contributed by atoms with E-state index >= 15 is 0 Å². The van der Waals surface area contributed by atoms with Crippen LogP contribution in [0.1, 0.15) is 31.7 Å². The van der Waals surface area contributed by atoms with Crippen molar-refractivity contribution in [1.82, 2.24) is 10.2 Å². The van der Waals surface area contributed by atoms with Gasteiger partial charge in [0.2, 0.25) is 5.91 Å². The van der Waals surface area contributed by atoms with E-state index < -0.39 is 0 Å². The normalized spacial score (nSPS) is 25.1. The number of hydrogen-bond acceptors (Lipinski definition) is 3. The Kier molecular flexibility index (Phi) is 4.67. The van der Waals surface area contributed by atoms with Gasteiger partial charge in [-0.3, -0.25) is 4.79 Å². The Balaban J connectivity index is 1.52. The van der Waals surface area contributed by atoms with Crippen molar-refractivity contribution in [3.05, 3.63) is 29.8 Å². The Hall–Kier alpha value is -1.55. The summed E-state index contributed by atoms with van der Waals surface area (Å²) in [5.74, 6) is 2.15. The minimum atomic E-state index is 0.338. The number of piperidine rings is 1. The van der Waals surface area contributed by atoms with Crippen molar-refractivity contribution in [3.63, 3.8) is 0 Å². The van der Waals surface area contributed by atoms with Crippen LogP contribution in [-0.4, -0.2) is 37.0 Å². The van der Waals surface area contributed by atoms with Gasteiger partial charge in [0.25, 0.3) is 0 Å². The zero-order valence-corrected chi connectivity index (χ0v) is 13.5. The molecule has 2 aliphatic rings. The van der Waals surface area contributed by atoms with Gasteiger partial charge in [0, 0.05) is 37.2 Å². The molecule has 0 unspecified atom stereocenters. The average Bonchev–Trinajstić information content (AvgIpc) is 3.38. The largest absolute Gasteiger partial charge is 0.496 e. The summed E-state index contributed by atoms with van der Waals surface area (Å²) in [6.45, 7) is 4.84. The summed E-state index contributed by atoms with van der Waals surface area (Å²) in [5.41, 5.74) is 1.19. The van der Waals surface area contributed by atoms with Crippen LogP contribution in [0.4, 0.5) is 0 Å². The minimum Gasteiger partial charge on any atom is -0.496 e. The third-order valence-corrected chi connectivity index (χ3v) is 4.89. The highest BCUT2D eigenvalue weighted by molar-refractivity contribution is 5.81. The number of carbonyl (C=O) groups is 1. The molecule has 0 spiro atoms. The number of rotatable bonds is 5. The Morgan fingerprint density at radius 1 is 1.32 bits per heavy atom. The van der Waals surface area contributed by atoms with Gasteiger partial charge in [0.15, 0.2) is 0 Å². The van der Waals surface area contributed by atoms with E-state index in [1.165, 1.54) is 5.56 Å². The molecule has 1 aliphatic carbocycles. The Bertz CT molecular complexity index is 528. The first-order valence-electron chi connectivity index (χ1n) is 8.33. The maximum Gasteiger partial charge on any atom is 0.225 e. The quantitative estimate of drug-likeness (QED) is 0.908. The number of ether oxygens (including phenoxy) is 1. The van der Waals surface area contributed by atoms with Crippen LogP contribution in [0.25, 0.3) is 0 Å². The van der Waals surface area contributed by atoms with E-state index in [1.807, 2.05) is 18.2 Å². The van der Waals surface area contributed by atoms with Crippen molar-refractivity contribution < 1.29 is 9.53 Å². The molecule has 4 nitrogen and oxygen atoms in total. The number of carbonyl (C=O) groups excluding carboxylic acids is 1. The van der Waals surface area contributed by atoms with Gasteiger partial charge >= 0.3 is 0 Å². The Labute approximate surface area is 132 Å². The molecule has 2 atom stereocenters. The van der Waals surface area contributed by atoms with Crippen LogP contribution in [-0.2, 0) is 11.3 Å². The van der Waals surface area contributed by atoms with Gasteiger partial charge in [0.05, 0.1) is 7.11 Å². The molecular weight excluding hydrogens is 276 g/mol. The third kappa shape index (κ3) is 3.43. The second kappa shape index (κ2) is 6.69. The highest BCUT2D eigenvalue weighted by Gasteiger charge is 2.36. The molecule has 1 aliphatic heterocycles. The maximum absolute atomic E-state index is 12.2. The standard InChI is InChI=1S/C18H26N2O2/c1-13-12-20(18(21)14-7-8-14)10-9-16(13)19-11-15-5-3-4-6-17(15)22-2/h3-6,13-14,16,19H,7-12H2,1-2H3/t13-,16-/m0/s1. The number of benzene rings is 1. The van der Waals surface area contributed by atoms with Crippen LogP contribution < -0.4 is 10.1 Å². The molecule has 0 bridgehead atoms. The highest BCUT2D eigenvalue weighted by Crippen LogP contribution is 2.32. The highest BCUT2D eigenvalue weighted by atomic mass is 16.5. The van der Waals surface area contributed by atoms with Crippen molar-refractivity contribution in [3.8, 4) is 5.75 Å². The van der Waals surface area contributed by atoms with Crippen molar-refractivity contribution in [2.24, 2.45) is 11.8 Å². The lowest BCUT2D eigenvalue weighted by atomic mass is 9.93. The minimum absolute atomic E-state index is 0.338. The zero-order chi connectivity index (χ0) is 15.5. The average molecular weight is 302 g/mol. The number of hydrogen-bond donors (Lipinski definition) is 1. The number of para-hydroxylation sites is 1. The van der Waals surface area contributed by atoms with E-state index in [0.717, 1.165) is 44.6 Å². The lowest BCUT2D eigenvalue weighted by Crippen LogP contribution is -2.50. The summed E-state index contributed by atoms with van der Waals surface area (Å²) in [7, 11) is 1.71. The van der Waals surface area contributed by atoms with Gasteiger partial charge in [-0.15, -0.1) is 0 Å². The van der Waals surface area contributed by atoms with Crippen LogP contribution in [0, 0.1) is 11.8 Å². The van der Waals surface area contributed by atoms with Crippen LogP contribution in [0.2, 0.25) is 0 Å². The van der Waals surface area contributed by atoms with Crippen molar-refractivity contribution in [2.45, 2.75) is 38.8 Å². The van der Waals surface area contributed by atoms with Crippen LogP contribution in [0.3, 0.4) is 0 Å². The molecule has 1 N–H and O–H groups in total. The van der Waals surface area contributed by atoms with Gasteiger partial charge < -0.3 is 15.0 Å². The first-order chi connectivity index (χ1) is 10.7. The predicted molar refractivity (Wildman–Crippen MR) is 86.7 cm³/mol. The molecule has 1 heterocycles. The van der Waals surface area contributed by atoms with Crippen molar-refractivity contribution >= 4 is 5.91 Å². The molecule has 1 aromatic rings. The number of methoxy groups -OCH3 is 1. The lowest BCUT2D eigenvalue weighted by molar-refractivity contribution is -0.134. The summed E-state index contributed by atoms with van der Waals surface area (Å²) in [4.78, 5) is 14.2. The topological polar surface area (TPSA) is 41.6 Å². The summed E-state index contributed by atoms with van der Waals surface area (Å²) in [5, 5.41) is 3.65. The zero-order valence-electron chi connectivity index (χ0n) is 13.5. The summed E-state index contributed by atoms with van der Waals surface area (Å²) < 4.78 is 5.40. The number of amides is 1. The van der Waals surface area contributed by atoms with Crippen LogP contribution >= 0.6 is 0 Å². The molecule has 22 heavy (non-hydrogen) atoms. The fraction of sp³-hybridized carbons (Fsp3) is 0.611. The predicted octanol–water partition coefficient (Wildman–Crippen LogP) is 2.43. The summed E-state index contributed by atoms with van der Waals surface area (Å²) in [6, 6.07) is 8.60. The van der Waals surface area contributed by atoms with Gasteiger partial charge in [-0.1, -0.05) is 25.1 Å². The first kappa shape index (κ1) is 15.3. The second-order valence-corrected chi connectivity index (χ2v) is 6.62. The van der Waals surface area contributed by atoms with Crippen molar-refractivity contribution in [2.75, 3.05) is 20.2 Å². The molecule has 1 saturated carbocycles. The van der Waals surface area contributed by atoms with Crippen molar-refractivity contribution in [1.29, 1.82) is 0 Å². The summed E-state index contributed by atoms with van der Waals surface area (Å²) in [6.07, 6.45) is 3.23. The molecule has 1 saturated heterocycles. The van der Waals surface area contributed by atoms with Crippen LogP contribution in [0.5, 0.6) is 5.75 Å². The van der Waals surface area contributed by atoms with E-state index in [4.69, 9.17) is 4.74 Å². The molecule has 120 valence electrons. The molecule has 1 aromatic carbocycles. The molecule has 1 amide bonds. The van der Waals surface area contributed by atoms with Crippen LogP contribution in [0.15, 0.2) is 24.3 Å². The van der Waals surface area contributed by atoms with E-state index in [2.05, 4.69) is 23.2 Å². The fourth-order valence-electron chi connectivity index (χ4n) is 3.33. The first-order valence-corrected chi connectivity index (χ1v) is 8.33. The summed E-state index contributed by atoms with van der Waals surface area (Å²) >= 11 is 0. The van der Waals surface area contributed by atoms with Gasteiger partial charge in [-0.2, -0.15) is 0 Å². The Morgan fingerprint density at radius 2 is 2.09 bits per heavy atom. The molecule has 0 aromatic heterocycles. The van der Waals surface area contributed by atoms with E-state index in [9.17, 15) is 4.79 Å². The number of nitrogens with one attached hydrogen (secondary N) is 1. The molecule has 2 fully saturated rings. The third-order valence-electron chi connectivity index (χ3n) is 4.89. The van der Waals surface area contributed by atoms with E-state index in [-0.39, 0.29) is 0 Å².